The van der Waals surface area contributed by atoms with Crippen LogP contribution in [0, 0.1) is 18.8 Å². The summed E-state index contributed by atoms with van der Waals surface area (Å²) in [6, 6.07) is 6.30. The maximum absolute atomic E-state index is 12.7. The zero-order chi connectivity index (χ0) is 16.8. The number of carbonyl (C=O) groups is 1. The molecule has 1 fully saturated rings. The van der Waals surface area contributed by atoms with Crippen molar-refractivity contribution in [2.24, 2.45) is 11.8 Å². The lowest BCUT2D eigenvalue weighted by Gasteiger charge is -2.28. The van der Waals surface area contributed by atoms with Crippen LogP contribution in [0.2, 0.25) is 0 Å². The SMILES string of the molecule is CCCCC1CCC(C(=O)Nc2c(C)cccc2C(C)C)CC1. The second-order valence-corrected chi connectivity index (χ2v) is 7.54. The molecule has 0 atom stereocenters. The number of hydrogen-bond acceptors (Lipinski definition) is 1. The fourth-order valence-corrected chi connectivity index (χ4v) is 3.77. The lowest BCUT2D eigenvalue weighted by atomic mass is 9.79. The minimum atomic E-state index is 0.201. The van der Waals surface area contributed by atoms with Crippen molar-refractivity contribution in [2.45, 2.75) is 78.6 Å². The molecule has 0 aromatic heterocycles. The van der Waals surface area contributed by atoms with E-state index in [-0.39, 0.29) is 11.8 Å². The molecule has 1 aliphatic rings. The molecule has 1 N–H and O–H groups in total. The van der Waals surface area contributed by atoms with Crippen molar-refractivity contribution in [3.63, 3.8) is 0 Å². The molecule has 2 heteroatoms. The minimum Gasteiger partial charge on any atom is -0.325 e. The van der Waals surface area contributed by atoms with Crippen LogP contribution in [0.5, 0.6) is 0 Å². The highest BCUT2D eigenvalue weighted by atomic mass is 16.1. The van der Waals surface area contributed by atoms with E-state index >= 15 is 0 Å². The highest BCUT2D eigenvalue weighted by Crippen LogP contribution is 2.34. The molecular formula is C21H33NO. The van der Waals surface area contributed by atoms with Gasteiger partial charge in [0.2, 0.25) is 5.91 Å². The summed E-state index contributed by atoms with van der Waals surface area (Å²) in [6.45, 7) is 8.71. The summed E-state index contributed by atoms with van der Waals surface area (Å²) in [5, 5.41) is 3.25. The molecule has 23 heavy (non-hydrogen) atoms. The van der Waals surface area contributed by atoms with Crippen LogP contribution in [-0.4, -0.2) is 5.91 Å². The van der Waals surface area contributed by atoms with Gasteiger partial charge in [-0.2, -0.15) is 0 Å². The normalized spacial score (nSPS) is 21.4. The largest absolute Gasteiger partial charge is 0.325 e. The third-order valence-corrected chi connectivity index (χ3v) is 5.36. The number of aryl methyl sites for hydroxylation is 1. The van der Waals surface area contributed by atoms with E-state index in [0.717, 1.165) is 24.4 Å². The smallest absolute Gasteiger partial charge is 0.227 e. The van der Waals surface area contributed by atoms with Gasteiger partial charge in [0.25, 0.3) is 0 Å². The fraction of sp³-hybridized carbons (Fsp3) is 0.667. The number of para-hydroxylation sites is 1. The number of benzene rings is 1. The molecule has 0 spiro atoms. The Kier molecular flexibility index (Phi) is 6.68. The standard InChI is InChI=1S/C21H33NO/c1-5-6-9-17-11-13-18(14-12-17)21(23)22-20-16(4)8-7-10-19(20)15(2)3/h7-8,10,15,17-18H,5-6,9,11-14H2,1-4H3,(H,22,23). The number of nitrogens with one attached hydrogen (secondary N) is 1. The fourth-order valence-electron chi connectivity index (χ4n) is 3.77. The predicted molar refractivity (Wildman–Crippen MR) is 98.9 cm³/mol. The number of unbranched alkanes of at least 4 members (excludes halogenated alkanes) is 1. The Hall–Kier alpha value is -1.31. The van der Waals surface area contributed by atoms with Crippen molar-refractivity contribution in [1.29, 1.82) is 0 Å². The maximum atomic E-state index is 12.7. The Morgan fingerprint density at radius 1 is 1.22 bits per heavy atom. The van der Waals surface area contributed by atoms with E-state index in [1.807, 2.05) is 0 Å². The molecule has 128 valence electrons. The van der Waals surface area contributed by atoms with E-state index in [1.165, 1.54) is 43.2 Å². The summed E-state index contributed by atoms with van der Waals surface area (Å²) in [4.78, 5) is 12.7. The molecule has 1 aromatic rings. The van der Waals surface area contributed by atoms with Crippen LogP contribution >= 0.6 is 0 Å². The molecule has 0 aliphatic heterocycles. The van der Waals surface area contributed by atoms with Crippen LogP contribution in [0.15, 0.2) is 18.2 Å². The van der Waals surface area contributed by atoms with Gasteiger partial charge in [-0.05, 0) is 55.6 Å². The van der Waals surface area contributed by atoms with Gasteiger partial charge in [-0.1, -0.05) is 58.2 Å². The van der Waals surface area contributed by atoms with Crippen LogP contribution in [0.4, 0.5) is 5.69 Å². The van der Waals surface area contributed by atoms with E-state index in [1.54, 1.807) is 0 Å². The van der Waals surface area contributed by atoms with E-state index in [2.05, 4.69) is 51.2 Å². The molecular weight excluding hydrogens is 282 g/mol. The number of carbonyl (C=O) groups excluding carboxylic acids is 1. The number of amides is 1. The van der Waals surface area contributed by atoms with Crippen LogP contribution in [-0.2, 0) is 4.79 Å². The highest BCUT2D eigenvalue weighted by molar-refractivity contribution is 5.94. The number of hydrogen-bond donors (Lipinski definition) is 1. The van der Waals surface area contributed by atoms with Gasteiger partial charge in [0, 0.05) is 11.6 Å². The molecule has 2 rings (SSSR count). The van der Waals surface area contributed by atoms with Crippen molar-refractivity contribution in [2.75, 3.05) is 5.32 Å². The number of rotatable bonds is 6. The van der Waals surface area contributed by atoms with Crippen LogP contribution in [0.1, 0.15) is 82.8 Å². The Morgan fingerprint density at radius 3 is 2.52 bits per heavy atom. The maximum Gasteiger partial charge on any atom is 0.227 e. The Morgan fingerprint density at radius 2 is 1.91 bits per heavy atom. The molecule has 0 radical (unpaired) electrons. The first-order valence-electron chi connectivity index (χ1n) is 9.43. The van der Waals surface area contributed by atoms with Gasteiger partial charge in [0.05, 0.1) is 0 Å². The van der Waals surface area contributed by atoms with Crippen LogP contribution in [0.3, 0.4) is 0 Å². The van der Waals surface area contributed by atoms with E-state index in [4.69, 9.17) is 0 Å². The zero-order valence-corrected chi connectivity index (χ0v) is 15.3. The summed E-state index contributed by atoms with van der Waals surface area (Å²) in [5.74, 6) is 1.71. The highest BCUT2D eigenvalue weighted by Gasteiger charge is 2.26. The second-order valence-electron chi connectivity index (χ2n) is 7.54. The third-order valence-electron chi connectivity index (χ3n) is 5.36. The zero-order valence-electron chi connectivity index (χ0n) is 15.3. The van der Waals surface area contributed by atoms with E-state index < -0.39 is 0 Å². The molecule has 1 saturated carbocycles. The van der Waals surface area contributed by atoms with Gasteiger partial charge in [-0.15, -0.1) is 0 Å². The molecule has 2 nitrogen and oxygen atoms in total. The first-order chi connectivity index (χ1) is 11.0. The van der Waals surface area contributed by atoms with Gasteiger partial charge in [0.1, 0.15) is 0 Å². The molecule has 0 saturated heterocycles. The predicted octanol–water partition coefficient (Wildman–Crippen LogP) is 6.05. The summed E-state index contributed by atoms with van der Waals surface area (Å²) in [6.07, 6.45) is 8.53. The summed E-state index contributed by atoms with van der Waals surface area (Å²) in [5.41, 5.74) is 3.46. The molecule has 0 bridgehead atoms. The minimum absolute atomic E-state index is 0.201. The Labute approximate surface area is 142 Å². The molecule has 1 aliphatic carbocycles. The molecule has 0 heterocycles. The lowest BCUT2D eigenvalue weighted by Crippen LogP contribution is -2.28. The average Bonchev–Trinajstić information content (AvgIpc) is 2.55. The van der Waals surface area contributed by atoms with Crippen molar-refractivity contribution < 1.29 is 4.79 Å². The van der Waals surface area contributed by atoms with Gasteiger partial charge in [-0.25, -0.2) is 0 Å². The lowest BCUT2D eigenvalue weighted by molar-refractivity contribution is -0.121. The van der Waals surface area contributed by atoms with E-state index in [0.29, 0.717) is 5.92 Å². The molecule has 0 unspecified atom stereocenters. The summed E-state index contributed by atoms with van der Waals surface area (Å²) < 4.78 is 0. The summed E-state index contributed by atoms with van der Waals surface area (Å²) >= 11 is 0. The van der Waals surface area contributed by atoms with Crippen molar-refractivity contribution in [3.8, 4) is 0 Å². The number of anilines is 1. The van der Waals surface area contributed by atoms with Crippen molar-refractivity contribution >= 4 is 11.6 Å². The first-order valence-corrected chi connectivity index (χ1v) is 9.43. The Bertz CT molecular complexity index is 513. The first kappa shape index (κ1) is 18.0. The molecule has 1 amide bonds. The van der Waals surface area contributed by atoms with Gasteiger partial charge in [-0.3, -0.25) is 4.79 Å². The second kappa shape index (κ2) is 8.52. The average molecular weight is 316 g/mol. The monoisotopic (exact) mass is 315 g/mol. The topological polar surface area (TPSA) is 29.1 Å². The van der Waals surface area contributed by atoms with Crippen LogP contribution in [0.25, 0.3) is 0 Å². The van der Waals surface area contributed by atoms with Gasteiger partial charge < -0.3 is 5.32 Å². The van der Waals surface area contributed by atoms with Gasteiger partial charge in [0.15, 0.2) is 0 Å². The Balaban J connectivity index is 1.96. The third kappa shape index (κ3) is 4.83. The van der Waals surface area contributed by atoms with Crippen molar-refractivity contribution in [1.82, 2.24) is 0 Å². The quantitative estimate of drug-likeness (QED) is 0.680. The van der Waals surface area contributed by atoms with E-state index in [9.17, 15) is 4.79 Å². The van der Waals surface area contributed by atoms with Gasteiger partial charge >= 0.3 is 0 Å². The molecule has 1 aromatic carbocycles. The van der Waals surface area contributed by atoms with Crippen molar-refractivity contribution in [3.05, 3.63) is 29.3 Å². The summed E-state index contributed by atoms with van der Waals surface area (Å²) in [7, 11) is 0. The van der Waals surface area contributed by atoms with Crippen LogP contribution < -0.4 is 5.32 Å².